The Morgan fingerprint density at radius 3 is 2.20 bits per heavy atom. The minimum Gasteiger partial charge on any atom is -0.468 e. The zero-order valence-corrected chi connectivity index (χ0v) is 9.23. The van der Waals surface area contributed by atoms with Crippen LogP contribution in [0.15, 0.2) is 0 Å². The Balaban J connectivity index is 4.65. The Morgan fingerprint density at radius 2 is 1.93 bits per heavy atom. The smallest absolute Gasteiger partial charge is 0.391 e. The summed E-state index contributed by atoms with van der Waals surface area (Å²) < 4.78 is 41.4. The van der Waals surface area contributed by atoms with E-state index in [4.69, 9.17) is 0 Å². The van der Waals surface area contributed by atoms with Crippen molar-refractivity contribution in [3.8, 4) is 0 Å². The molecule has 0 unspecified atom stereocenters. The zero-order valence-electron chi connectivity index (χ0n) is 9.23. The molecule has 0 spiro atoms. The van der Waals surface area contributed by atoms with Crippen LogP contribution in [-0.2, 0) is 9.53 Å². The molecule has 0 saturated heterocycles. The van der Waals surface area contributed by atoms with Gasteiger partial charge >= 0.3 is 12.1 Å². The lowest BCUT2D eigenvalue weighted by Crippen LogP contribution is -2.50. The molecule has 3 nitrogen and oxygen atoms in total. The van der Waals surface area contributed by atoms with Crippen LogP contribution in [0, 0.1) is 5.92 Å². The van der Waals surface area contributed by atoms with Gasteiger partial charge in [0.25, 0.3) is 0 Å². The van der Waals surface area contributed by atoms with E-state index in [0.717, 1.165) is 14.0 Å². The van der Waals surface area contributed by atoms with Crippen LogP contribution in [0.4, 0.5) is 13.2 Å². The van der Waals surface area contributed by atoms with Crippen molar-refractivity contribution < 1.29 is 22.7 Å². The van der Waals surface area contributed by atoms with Gasteiger partial charge in [-0.2, -0.15) is 13.2 Å². The van der Waals surface area contributed by atoms with E-state index in [9.17, 15) is 18.0 Å². The van der Waals surface area contributed by atoms with E-state index in [1.165, 1.54) is 14.0 Å². The lowest BCUT2D eigenvalue weighted by atomic mass is 9.89. The number of likely N-dealkylation sites (N-methyl/N-ethyl adjacent to an activating group) is 1. The largest absolute Gasteiger partial charge is 0.468 e. The highest BCUT2D eigenvalue weighted by Gasteiger charge is 2.43. The zero-order chi connectivity index (χ0) is 12.3. The van der Waals surface area contributed by atoms with Crippen LogP contribution < -0.4 is 5.32 Å². The second kappa shape index (κ2) is 4.83. The van der Waals surface area contributed by atoms with E-state index < -0.39 is 23.6 Å². The van der Waals surface area contributed by atoms with Crippen molar-refractivity contribution >= 4 is 5.97 Å². The number of nitrogens with one attached hydrogen (secondary N) is 1. The molecule has 15 heavy (non-hydrogen) atoms. The van der Waals surface area contributed by atoms with Gasteiger partial charge in [-0.15, -0.1) is 0 Å². The van der Waals surface area contributed by atoms with Crippen LogP contribution in [0.1, 0.15) is 20.3 Å². The van der Waals surface area contributed by atoms with E-state index in [1.54, 1.807) is 0 Å². The van der Waals surface area contributed by atoms with Crippen molar-refractivity contribution in [2.45, 2.75) is 32.0 Å². The van der Waals surface area contributed by atoms with E-state index >= 15 is 0 Å². The molecule has 1 N–H and O–H groups in total. The van der Waals surface area contributed by atoms with E-state index in [0.29, 0.717) is 0 Å². The molecule has 90 valence electrons. The molecule has 0 fully saturated rings. The monoisotopic (exact) mass is 227 g/mol. The lowest BCUT2D eigenvalue weighted by Gasteiger charge is -2.29. The number of carbonyl (C=O) groups is 1. The first-order valence-electron chi connectivity index (χ1n) is 4.51. The molecule has 0 aromatic rings. The number of alkyl halides is 3. The summed E-state index contributed by atoms with van der Waals surface area (Å²) in [4.78, 5) is 11.3. The summed E-state index contributed by atoms with van der Waals surface area (Å²) in [5.74, 6) is -2.25. The Hall–Kier alpha value is -0.780. The molecule has 0 aromatic heterocycles. The maximum atomic E-state index is 12.3. The predicted octanol–water partition coefficient (Wildman–Crippen LogP) is 1.73. The quantitative estimate of drug-likeness (QED) is 0.743. The fraction of sp³-hybridized carbons (Fsp3) is 0.889. The SMILES string of the molecule is CN[C@@](C)(C[C@@H](C)C(F)(F)F)C(=O)OC. The van der Waals surface area contributed by atoms with Crippen molar-refractivity contribution in [3.05, 3.63) is 0 Å². The van der Waals surface area contributed by atoms with Crippen molar-refractivity contribution in [3.63, 3.8) is 0 Å². The Morgan fingerprint density at radius 1 is 1.47 bits per heavy atom. The Bertz CT molecular complexity index is 230. The lowest BCUT2D eigenvalue weighted by molar-refractivity contribution is -0.178. The number of halogens is 3. The van der Waals surface area contributed by atoms with Gasteiger partial charge in [0.1, 0.15) is 5.54 Å². The molecule has 0 amide bonds. The molecule has 0 bridgehead atoms. The topological polar surface area (TPSA) is 38.3 Å². The molecule has 0 aliphatic carbocycles. The fourth-order valence-electron chi connectivity index (χ4n) is 1.24. The van der Waals surface area contributed by atoms with Crippen LogP contribution in [0.5, 0.6) is 0 Å². The number of hydrogen-bond acceptors (Lipinski definition) is 3. The van der Waals surface area contributed by atoms with E-state index in [-0.39, 0.29) is 6.42 Å². The molecule has 0 aromatic carbocycles. The highest BCUT2D eigenvalue weighted by Crippen LogP contribution is 2.32. The summed E-state index contributed by atoms with van der Waals surface area (Å²) >= 11 is 0. The highest BCUT2D eigenvalue weighted by molar-refractivity contribution is 5.80. The number of ether oxygens (including phenoxy) is 1. The second-order valence-corrected chi connectivity index (χ2v) is 3.72. The van der Waals surface area contributed by atoms with Gasteiger partial charge in [-0.05, 0) is 20.4 Å². The van der Waals surface area contributed by atoms with Gasteiger partial charge in [-0.3, -0.25) is 4.79 Å². The number of carbonyl (C=O) groups excluding carboxylic acids is 1. The van der Waals surface area contributed by atoms with Gasteiger partial charge < -0.3 is 10.1 Å². The molecule has 6 heteroatoms. The molecular weight excluding hydrogens is 211 g/mol. The normalized spacial score (nSPS) is 18.1. The van der Waals surface area contributed by atoms with Gasteiger partial charge in [0.15, 0.2) is 0 Å². The van der Waals surface area contributed by atoms with Crippen LogP contribution in [0.25, 0.3) is 0 Å². The summed E-state index contributed by atoms with van der Waals surface area (Å²) in [6.45, 7) is 2.43. The standard InChI is InChI=1S/C9H16F3NO2/c1-6(9(10,11)12)5-8(2,13-3)7(14)15-4/h6,13H,5H2,1-4H3/t6-,8+/m1/s1. The summed E-state index contributed by atoms with van der Waals surface area (Å²) in [7, 11) is 2.58. The summed E-state index contributed by atoms with van der Waals surface area (Å²) in [6.07, 6.45) is -4.65. The van der Waals surface area contributed by atoms with Gasteiger partial charge in [0.05, 0.1) is 13.0 Å². The summed E-state index contributed by atoms with van der Waals surface area (Å²) in [6, 6.07) is 0. The first-order chi connectivity index (χ1) is 6.67. The molecule has 0 heterocycles. The van der Waals surface area contributed by atoms with Crippen LogP contribution in [0.2, 0.25) is 0 Å². The van der Waals surface area contributed by atoms with Crippen LogP contribution in [-0.4, -0.2) is 31.8 Å². The Kier molecular flexibility index (Phi) is 4.58. The van der Waals surface area contributed by atoms with Gasteiger partial charge in [0, 0.05) is 0 Å². The van der Waals surface area contributed by atoms with E-state index in [2.05, 4.69) is 10.1 Å². The van der Waals surface area contributed by atoms with Gasteiger partial charge in [-0.25, -0.2) is 0 Å². The molecule has 0 rings (SSSR count). The van der Waals surface area contributed by atoms with Crippen molar-refractivity contribution in [1.82, 2.24) is 5.32 Å². The highest BCUT2D eigenvalue weighted by atomic mass is 19.4. The minimum atomic E-state index is -4.30. The van der Waals surface area contributed by atoms with Gasteiger partial charge in [-0.1, -0.05) is 6.92 Å². The maximum Gasteiger partial charge on any atom is 0.391 e. The predicted molar refractivity (Wildman–Crippen MR) is 49.3 cm³/mol. The average Bonchev–Trinajstić information content (AvgIpc) is 2.14. The molecule has 0 radical (unpaired) electrons. The van der Waals surface area contributed by atoms with Crippen molar-refractivity contribution in [1.29, 1.82) is 0 Å². The van der Waals surface area contributed by atoms with Crippen molar-refractivity contribution in [2.24, 2.45) is 5.92 Å². The number of methoxy groups -OCH3 is 1. The van der Waals surface area contributed by atoms with Crippen molar-refractivity contribution in [2.75, 3.05) is 14.2 Å². The molecule has 2 atom stereocenters. The molecule has 0 saturated carbocycles. The third-order valence-electron chi connectivity index (χ3n) is 2.46. The fourth-order valence-corrected chi connectivity index (χ4v) is 1.24. The Labute approximate surface area is 87.0 Å². The maximum absolute atomic E-state index is 12.3. The first-order valence-corrected chi connectivity index (χ1v) is 4.51. The number of rotatable bonds is 4. The summed E-state index contributed by atoms with van der Waals surface area (Å²) in [5, 5.41) is 2.56. The van der Waals surface area contributed by atoms with E-state index in [1.807, 2.05) is 0 Å². The molecular formula is C9H16F3NO2. The third kappa shape index (κ3) is 3.70. The number of esters is 1. The number of hydrogen-bond donors (Lipinski definition) is 1. The third-order valence-corrected chi connectivity index (χ3v) is 2.46. The minimum absolute atomic E-state index is 0.348. The van der Waals surface area contributed by atoms with Crippen LogP contribution in [0.3, 0.4) is 0 Å². The average molecular weight is 227 g/mol. The first kappa shape index (κ1) is 14.2. The second-order valence-electron chi connectivity index (χ2n) is 3.72. The van der Waals surface area contributed by atoms with Crippen LogP contribution >= 0.6 is 0 Å². The van der Waals surface area contributed by atoms with Gasteiger partial charge in [0.2, 0.25) is 0 Å². The molecule has 0 aliphatic rings. The molecule has 0 aliphatic heterocycles. The summed E-state index contributed by atoms with van der Waals surface area (Å²) in [5.41, 5.74) is -1.30.